The Morgan fingerprint density at radius 1 is 1.06 bits per heavy atom. The first-order chi connectivity index (χ1) is 17.0. The summed E-state index contributed by atoms with van der Waals surface area (Å²) in [4.78, 5) is 32.2. The second kappa shape index (κ2) is 12.2. The van der Waals surface area contributed by atoms with Gasteiger partial charge in [0.25, 0.3) is 0 Å². The summed E-state index contributed by atoms with van der Waals surface area (Å²) in [5.41, 5.74) is 2.81. The Balaban J connectivity index is 1.28. The molecule has 4 rings (SSSR count). The van der Waals surface area contributed by atoms with Gasteiger partial charge in [-0.3, -0.25) is 9.59 Å². The summed E-state index contributed by atoms with van der Waals surface area (Å²) in [6.45, 7) is 3.99. The number of para-hydroxylation sites is 2. The van der Waals surface area contributed by atoms with Gasteiger partial charge in [-0.15, -0.1) is 0 Å². The molecule has 0 radical (unpaired) electrons. The van der Waals surface area contributed by atoms with Crippen LogP contribution in [-0.4, -0.2) is 45.4 Å². The molecule has 7 heteroatoms. The van der Waals surface area contributed by atoms with E-state index in [1.807, 2.05) is 47.4 Å². The van der Waals surface area contributed by atoms with Crippen molar-refractivity contribution in [3.8, 4) is 0 Å². The van der Waals surface area contributed by atoms with E-state index >= 15 is 0 Å². The van der Waals surface area contributed by atoms with Gasteiger partial charge in [0.15, 0.2) is 0 Å². The van der Waals surface area contributed by atoms with E-state index in [-0.39, 0.29) is 11.8 Å². The van der Waals surface area contributed by atoms with Crippen LogP contribution in [0.4, 0.5) is 0 Å². The number of carbonyl (C=O) groups excluding carboxylic acids is 2. The third-order valence-corrected chi connectivity index (χ3v) is 7.23. The fraction of sp³-hybridized carbons (Fsp3) is 0.464. The second-order valence-corrected chi connectivity index (χ2v) is 9.87. The molecule has 2 heterocycles. The molecule has 1 fully saturated rings. The number of piperidine rings is 1. The topological polar surface area (TPSA) is 67.2 Å². The molecular formula is C28H35ClN4O2. The van der Waals surface area contributed by atoms with E-state index in [4.69, 9.17) is 16.6 Å². The van der Waals surface area contributed by atoms with Crippen LogP contribution in [0.15, 0.2) is 48.5 Å². The maximum atomic E-state index is 13.1. The lowest BCUT2D eigenvalue weighted by Gasteiger charge is -2.33. The van der Waals surface area contributed by atoms with E-state index in [1.165, 1.54) is 6.42 Å². The van der Waals surface area contributed by atoms with Crippen LogP contribution in [0.3, 0.4) is 0 Å². The van der Waals surface area contributed by atoms with E-state index in [0.29, 0.717) is 30.6 Å². The number of hydrogen-bond acceptors (Lipinski definition) is 3. The smallest absolute Gasteiger partial charge is 0.242 e. The molecule has 0 spiro atoms. The Bertz CT molecular complexity index is 1160. The number of amides is 2. The van der Waals surface area contributed by atoms with Crippen LogP contribution in [0.25, 0.3) is 11.0 Å². The Morgan fingerprint density at radius 2 is 1.86 bits per heavy atom. The molecule has 0 saturated carbocycles. The molecule has 35 heavy (non-hydrogen) atoms. The molecule has 6 nitrogen and oxygen atoms in total. The minimum Gasteiger partial charge on any atom is -0.356 e. The highest BCUT2D eigenvalue weighted by Crippen LogP contribution is 2.21. The Labute approximate surface area is 212 Å². The van der Waals surface area contributed by atoms with Crippen molar-refractivity contribution in [2.75, 3.05) is 13.1 Å². The van der Waals surface area contributed by atoms with Gasteiger partial charge in [-0.05, 0) is 62.8 Å². The summed E-state index contributed by atoms with van der Waals surface area (Å²) in [6, 6.07) is 15.8. The predicted octanol–water partition coefficient (Wildman–Crippen LogP) is 5.16. The first kappa shape index (κ1) is 25.2. The Kier molecular flexibility index (Phi) is 8.80. The molecule has 1 aliphatic heterocycles. The fourth-order valence-corrected chi connectivity index (χ4v) is 5.08. The lowest BCUT2D eigenvalue weighted by Crippen LogP contribution is -2.43. The summed E-state index contributed by atoms with van der Waals surface area (Å²) in [7, 11) is 0. The van der Waals surface area contributed by atoms with Crippen molar-refractivity contribution in [2.45, 2.75) is 70.9 Å². The number of hydrogen-bond donors (Lipinski definition) is 1. The first-order valence-electron chi connectivity index (χ1n) is 12.8. The van der Waals surface area contributed by atoms with Crippen molar-refractivity contribution in [2.24, 2.45) is 0 Å². The standard InChI is InChI=1S/C28H35ClN4O2/c1-21-11-8-10-18-32(21)28(35)20-33-25-15-7-6-14-24(25)31-26(33)16-3-2-9-17-30-27(34)19-22-12-4-5-13-23(22)29/h4-7,12-15,21H,2-3,8-11,16-20H2,1H3,(H,30,34). The summed E-state index contributed by atoms with van der Waals surface area (Å²) >= 11 is 6.14. The molecule has 0 bridgehead atoms. The molecule has 1 aromatic heterocycles. The maximum absolute atomic E-state index is 13.1. The van der Waals surface area contributed by atoms with Crippen LogP contribution >= 0.6 is 11.6 Å². The lowest BCUT2D eigenvalue weighted by molar-refractivity contribution is -0.135. The number of likely N-dealkylation sites (tertiary alicyclic amines) is 1. The van der Waals surface area contributed by atoms with Crippen LogP contribution in [0.1, 0.15) is 56.8 Å². The number of fused-ring (bicyclic) bond motifs is 1. The number of aromatic nitrogens is 2. The van der Waals surface area contributed by atoms with Gasteiger partial charge in [0, 0.05) is 30.6 Å². The minimum absolute atomic E-state index is 0.00894. The number of carbonyl (C=O) groups is 2. The zero-order valence-electron chi connectivity index (χ0n) is 20.5. The fourth-order valence-electron chi connectivity index (χ4n) is 4.88. The number of imidazole rings is 1. The summed E-state index contributed by atoms with van der Waals surface area (Å²) in [6.07, 6.45) is 7.31. The summed E-state index contributed by atoms with van der Waals surface area (Å²) in [5.74, 6) is 1.14. The molecule has 0 aliphatic carbocycles. The lowest BCUT2D eigenvalue weighted by atomic mass is 10.0. The largest absolute Gasteiger partial charge is 0.356 e. The SMILES string of the molecule is CC1CCCCN1C(=O)Cn1c(CCCCCNC(=O)Cc2ccccc2Cl)nc2ccccc21. The molecule has 1 atom stereocenters. The quantitative estimate of drug-likeness (QED) is 0.396. The Hall–Kier alpha value is -2.86. The van der Waals surface area contributed by atoms with Crippen molar-refractivity contribution in [1.29, 1.82) is 0 Å². The highest BCUT2D eigenvalue weighted by molar-refractivity contribution is 6.31. The summed E-state index contributed by atoms with van der Waals surface area (Å²) in [5, 5.41) is 3.61. The van der Waals surface area contributed by atoms with E-state index in [1.54, 1.807) is 6.07 Å². The van der Waals surface area contributed by atoms with Gasteiger partial charge in [-0.25, -0.2) is 4.98 Å². The van der Waals surface area contributed by atoms with Crippen LogP contribution in [-0.2, 0) is 29.0 Å². The number of aryl methyl sites for hydroxylation is 1. The van der Waals surface area contributed by atoms with Crippen LogP contribution < -0.4 is 5.32 Å². The van der Waals surface area contributed by atoms with E-state index in [2.05, 4.69) is 16.8 Å². The van der Waals surface area contributed by atoms with Gasteiger partial charge in [0.1, 0.15) is 12.4 Å². The van der Waals surface area contributed by atoms with Crippen LogP contribution in [0, 0.1) is 0 Å². The minimum atomic E-state index is -0.00894. The van der Waals surface area contributed by atoms with Crippen molar-refractivity contribution in [3.05, 3.63) is 64.9 Å². The van der Waals surface area contributed by atoms with E-state index in [9.17, 15) is 9.59 Å². The van der Waals surface area contributed by atoms with Crippen LogP contribution in [0.2, 0.25) is 5.02 Å². The van der Waals surface area contributed by atoms with Gasteiger partial charge in [-0.2, -0.15) is 0 Å². The summed E-state index contributed by atoms with van der Waals surface area (Å²) < 4.78 is 2.10. The Morgan fingerprint density at radius 3 is 2.69 bits per heavy atom. The van der Waals surface area contributed by atoms with E-state index in [0.717, 1.165) is 67.5 Å². The highest BCUT2D eigenvalue weighted by atomic mass is 35.5. The zero-order valence-corrected chi connectivity index (χ0v) is 21.3. The monoisotopic (exact) mass is 494 g/mol. The third-order valence-electron chi connectivity index (χ3n) is 6.86. The van der Waals surface area contributed by atoms with Crippen molar-refractivity contribution >= 4 is 34.4 Å². The van der Waals surface area contributed by atoms with Gasteiger partial charge in [0.2, 0.25) is 11.8 Å². The molecule has 2 amide bonds. The van der Waals surface area contributed by atoms with Gasteiger partial charge >= 0.3 is 0 Å². The number of halogens is 1. The number of rotatable bonds is 10. The van der Waals surface area contributed by atoms with Gasteiger partial charge < -0.3 is 14.8 Å². The van der Waals surface area contributed by atoms with Crippen molar-refractivity contribution < 1.29 is 9.59 Å². The third kappa shape index (κ3) is 6.63. The second-order valence-electron chi connectivity index (χ2n) is 9.46. The molecule has 186 valence electrons. The van der Waals surface area contributed by atoms with Crippen molar-refractivity contribution in [1.82, 2.24) is 19.8 Å². The van der Waals surface area contributed by atoms with Gasteiger partial charge in [0.05, 0.1) is 17.5 Å². The number of nitrogens with one attached hydrogen (secondary N) is 1. The molecular weight excluding hydrogens is 460 g/mol. The normalized spacial score (nSPS) is 15.9. The molecule has 1 aliphatic rings. The molecule has 3 aromatic rings. The first-order valence-corrected chi connectivity index (χ1v) is 13.1. The highest BCUT2D eigenvalue weighted by Gasteiger charge is 2.24. The average Bonchev–Trinajstić information content (AvgIpc) is 3.20. The molecule has 1 N–H and O–H groups in total. The molecule has 1 unspecified atom stereocenters. The predicted molar refractivity (Wildman–Crippen MR) is 140 cm³/mol. The van der Waals surface area contributed by atoms with Crippen LogP contribution in [0.5, 0.6) is 0 Å². The molecule has 1 saturated heterocycles. The molecule has 2 aromatic carbocycles. The number of nitrogens with zero attached hydrogens (tertiary/aromatic N) is 3. The van der Waals surface area contributed by atoms with E-state index < -0.39 is 0 Å². The van der Waals surface area contributed by atoms with Gasteiger partial charge in [-0.1, -0.05) is 48.4 Å². The number of benzene rings is 2. The maximum Gasteiger partial charge on any atom is 0.242 e. The van der Waals surface area contributed by atoms with Crippen molar-refractivity contribution in [3.63, 3.8) is 0 Å². The average molecular weight is 495 g/mol. The number of unbranched alkanes of at least 4 members (excludes halogenated alkanes) is 2. The zero-order chi connectivity index (χ0) is 24.6.